The molecule has 0 fully saturated rings. The van der Waals surface area contributed by atoms with Crippen molar-refractivity contribution in [3.05, 3.63) is 102 Å². The number of benzene rings is 3. The first-order valence-electron chi connectivity index (χ1n) is 10.0. The Hall–Kier alpha value is -4.39. The molecule has 0 radical (unpaired) electrons. The molecule has 0 bridgehead atoms. The van der Waals surface area contributed by atoms with E-state index in [1.807, 2.05) is 49.4 Å². The number of aryl methyl sites for hydroxylation is 1. The number of carbonyl (C=O) groups excluding carboxylic acids is 2. The van der Waals surface area contributed by atoms with Crippen molar-refractivity contribution < 1.29 is 14.3 Å². The van der Waals surface area contributed by atoms with Gasteiger partial charge in [-0.25, -0.2) is 4.68 Å². The Labute approximate surface area is 185 Å². The summed E-state index contributed by atoms with van der Waals surface area (Å²) in [5.41, 5.74) is 3.09. The van der Waals surface area contributed by atoms with Gasteiger partial charge in [-0.05, 0) is 55.5 Å². The van der Waals surface area contributed by atoms with Gasteiger partial charge in [0.15, 0.2) is 0 Å². The number of carbonyl (C=O) groups is 2. The zero-order valence-electron chi connectivity index (χ0n) is 17.7. The zero-order valence-corrected chi connectivity index (χ0v) is 17.7. The van der Waals surface area contributed by atoms with Crippen molar-refractivity contribution in [3.8, 4) is 11.4 Å². The van der Waals surface area contributed by atoms with Gasteiger partial charge in [0.05, 0.1) is 19.0 Å². The number of amides is 2. The molecule has 160 valence electrons. The lowest BCUT2D eigenvalue weighted by Gasteiger charge is -2.12. The van der Waals surface area contributed by atoms with E-state index in [2.05, 4.69) is 15.7 Å². The van der Waals surface area contributed by atoms with Crippen LogP contribution in [-0.2, 0) is 0 Å². The molecule has 0 aliphatic rings. The summed E-state index contributed by atoms with van der Waals surface area (Å²) in [4.78, 5) is 26.0. The highest BCUT2D eigenvalue weighted by Gasteiger charge is 2.21. The summed E-state index contributed by atoms with van der Waals surface area (Å²) in [7, 11) is 1.58. The zero-order chi connectivity index (χ0) is 22.5. The first-order valence-corrected chi connectivity index (χ1v) is 10.0. The van der Waals surface area contributed by atoms with Crippen LogP contribution in [0.2, 0.25) is 0 Å². The SMILES string of the molecule is COc1ccc(NC(=O)c2cnn(-c3ccccc3)c2NC(=O)c2ccc(C)cc2)cc1. The summed E-state index contributed by atoms with van der Waals surface area (Å²) in [5.74, 6) is 0.247. The molecule has 0 spiro atoms. The third-order valence-electron chi connectivity index (χ3n) is 4.91. The summed E-state index contributed by atoms with van der Waals surface area (Å²) in [6.45, 7) is 1.95. The van der Waals surface area contributed by atoms with Crippen LogP contribution >= 0.6 is 0 Å². The van der Waals surface area contributed by atoms with Gasteiger partial charge >= 0.3 is 0 Å². The lowest BCUT2D eigenvalue weighted by Crippen LogP contribution is -2.19. The van der Waals surface area contributed by atoms with E-state index >= 15 is 0 Å². The number of hydrogen-bond acceptors (Lipinski definition) is 4. The Morgan fingerprint density at radius 3 is 2.19 bits per heavy atom. The first kappa shape index (κ1) is 20.9. The van der Waals surface area contributed by atoms with Crippen LogP contribution in [-0.4, -0.2) is 28.7 Å². The predicted molar refractivity (Wildman–Crippen MR) is 124 cm³/mol. The number of nitrogens with one attached hydrogen (secondary N) is 2. The van der Waals surface area contributed by atoms with E-state index < -0.39 is 5.91 Å². The monoisotopic (exact) mass is 426 g/mol. The fraction of sp³-hybridized carbons (Fsp3) is 0.0800. The van der Waals surface area contributed by atoms with Gasteiger partial charge in [0.2, 0.25) is 0 Å². The second-order valence-electron chi connectivity index (χ2n) is 7.16. The number of aromatic nitrogens is 2. The minimum absolute atomic E-state index is 0.241. The Morgan fingerprint density at radius 1 is 0.844 bits per heavy atom. The van der Waals surface area contributed by atoms with Crippen molar-refractivity contribution in [1.29, 1.82) is 0 Å². The summed E-state index contributed by atoms with van der Waals surface area (Å²) in [6.07, 6.45) is 1.44. The molecule has 1 heterocycles. The van der Waals surface area contributed by atoms with E-state index in [1.54, 1.807) is 43.5 Å². The molecular formula is C25H22N4O3. The van der Waals surface area contributed by atoms with Crippen LogP contribution in [0, 0.1) is 6.92 Å². The third-order valence-corrected chi connectivity index (χ3v) is 4.91. The maximum absolute atomic E-state index is 13.0. The van der Waals surface area contributed by atoms with Gasteiger partial charge < -0.3 is 15.4 Å². The van der Waals surface area contributed by atoms with Gasteiger partial charge in [-0.1, -0.05) is 35.9 Å². The first-order chi connectivity index (χ1) is 15.5. The van der Waals surface area contributed by atoms with Gasteiger partial charge in [0.1, 0.15) is 17.1 Å². The Bertz CT molecular complexity index is 1230. The lowest BCUT2D eigenvalue weighted by atomic mass is 10.1. The van der Waals surface area contributed by atoms with Crippen LogP contribution in [0.3, 0.4) is 0 Å². The summed E-state index contributed by atoms with van der Waals surface area (Å²) in [6, 6.07) is 23.5. The molecule has 4 aromatic rings. The Kier molecular flexibility index (Phi) is 5.98. The average Bonchev–Trinajstić information content (AvgIpc) is 3.24. The molecule has 2 amide bonds. The van der Waals surface area contributed by atoms with Gasteiger partial charge in [-0.2, -0.15) is 5.10 Å². The second-order valence-corrected chi connectivity index (χ2v) is 7.16. The van der Waals surface area contributed by atoms with Crippen LogP contribution in [0.1, 0.15) is 26.3 Å². The largest absolute Gasteiger partial charge is 0.497 e. The summed E-state index contributed by atoms with van der Waals surface area (Å²) in [5, 5.41) is 10.1. The quantitative estimate of drug-likeness (QED) is 0.468. The molecule has 0 aliphatic heterocycles. The van der Waals surface area contributed by atoms with Crippen molar-refractivity contribution in [2.24, 2.45) is 0 Å². The normalized spacial score (nSPS) is 10.4. The number of para-hydroxylation sites is 1. The molecule has 4 rings (SSSR count). The molecule has 0 aliphatic carbocycles. The standard InChI is InChI=1S/C25H22N4O3/c1-17-8-10-18(11-9-17)24(30)28-23-22(16-26-29(23)20-6-4-3-5-7-20)25(31)27-19-12-14-21(32-2)15-13-19/h3-16H,1-2H3,(H,27,31)(H,28,30). The molecule has 0 atom stereocenters. The van der Waals surface area contributed by atoms with Crippen molar-refractivity contribution in [1.82, 2.24) is 9.78 Å². The van der Waals surface area contributed by atoms with Gasteiger partial charge in [-0.15, -0.1) is 0 Å². The van der Waals surface area contributed by atoms with E-state index in [-0.39, 0.29) is 17.3 Å². The molecule has 0 unspecified atom stereocenters. The number of hydrogen-bond donors (Lipinski definition) is 2. The molecule has 1 aromatic heterocycles. The number of nitrogens with zero attached hydrogens (tertiary/aromatic N) is 2. The van der Waals surface area contributed by atoms with Gasteiger partial charge in [0, 0.05) is 11.3 Å². The number of rotatable bonds is 6. The lowest BCUT2D eigenvalue weighted by molar-refractivity contribution is 0.102. The van der Waals surface area contributed by atoms with E-state index in [0.29, 0.717) is 17.0 Å². The topological polar surface area (TPSA) is 85.2 Å². The third kappa shape index (κ3) is 4.52. The maximum Gasteiger partial charge on any atom is 0.261 e. The molecule has 3 aromatic carbocycles. The van der Waals surface area contributed by atoms with Crippen LogP contribution in [0.5, 0.6) is 5.75 Å². The van der Waals surface area contributed by atoms with Crippen molar-refractivity contribution in [3.63, 3.8) is 0 Å². The molecular weight excluding hydrogens is 404 g/mol. The molecule has 0 saturated carbocycles. The highest BCUT2D eigenvalue weighted by Crippen LogP contribution is 2.23. The van der Waals surface area contributed by atoms with Gasteiger partial charge in [0.25, 0.3) is 11.8 Å². The predicted octanol–water partition coefficient (Wildman–Crippen LogP) is 4.69. The average molecular weight is 426 g/mol. The van der Waals surface area contributed by atoms with E-state index in [4.69, 9.17) is 4.74 Å². The van der Waals surface area contributed by atoms with Crippen LogP contribution in [0.15, 0.2) is 85.1 Å². The Morgan fingerprint density at radius 2 is 1.53 bits per heavy atom. The number of ether oxygens (including phenoxy) is 1. The molecule has 32 heavy (non-hydrogen) atoms. The molecule has 2 N–H and O–H groups in total. The maximum atomic E-state index is 13.0. The molecule has 7 nitrogen and oxygen atoms in total. The number of methoxy groups -OCH3 is 1. The Balaban J connectivity index is 1.67. The van der Waals surface area contributed by atoms with E-state index in [9.17, 15) is 9.59 Å². The van der Waals surface area contributed by atoms with Crippen LogP contribution in [0.4, 0.5) is 11.5 Å². The van der Waals surface area contributed by atoms with Gasteiger partial charge in [-0.3, -0.25) is 9.59 Å². The minimum atomic E-state index is -0.392. The van der Waals surface area contributed by atoms with E-state index in [0.717, 1.165) is 11.3 Å². The number of anilines is 2. The van der Waals surface area contributed by atoms with Crippen molar-refractivity contribution in [2.75, 3.05) is 17.7 Å². The highest BCUT2D eigenvalue weighted by molar-refractivity contribution is 6.12. The fourth-order valence-corrected chi connectivity index (χ4v) is 3.16. The van der Waals surface area contributed by atoms with Crippen molar-refractivity contribution in [2.45, 2.75) is 6.92 Å². The van der Waals surface area contributed by atoms with Crippen molar-refractivity contribution >= 4 is 23.3 Å². The smallest absolute Gasteiger partial charge is 0.261 e. The van der Waals surface area contributed by atoms with Crippen LogP contribution < -0.4 is 15.4 Å². The molecule has 7 heteroatoms. The molecule has 0 saturated heterocycles. The van der Waals surface area contributed by atoms with E-state index in [1.165, 1.54) is 10.9 Å². The minimum Gasteiger partial charge on any atom is -0.497 e. The second kappa shape index (κ2) is 9.18. The summed E-state index contributed by atoms with van der Waals surface area (Å²) >= 11 is 0. The summed E-state index contributed by atoms with van der Waals surface area (Å²) < 4.78 is 6.69. The highest BCUT2D eigenvalue weighted by atomic mass is 16.5. The van der Waals surface area contributed by atoms with Crippen LogP contribution in [0.25, 0.3) is 5.69 Å². The fourth-order valence-electron chi connectivity index (χ4n) is 3.16.